The molecule has 0 bridgehead atoms. The Balaban J connectivity index is 2.91. The largest absolute Gasteiger partial charge is 0.0616 e. The molecule has 0 fully saturated rings. The van der Waals surface area contributed by atoms with Gasteiger partial charge in [-0.25, -0.2) is 0 Å². The van der Waals surface area contributed by atoms with Crippen molar-refractivity contribution in [3.63, 3.8) is 0 Å². The average Bonchev–Trinajstić information content (AvgIpc) is 2.06. The molecule has 2 rings (SSSR count). The van der Waals surface area contributed by atoms with Crippen molar-refractivity contribution in [3.05, 3.63) is 46.0 Å². The van der Waals surface area contributed by atoms with Crippen LogP contribution in [-0.4, -0.2) is 0 Å². The van der Waals surface area contributed by atoms with E-state index in [-0.39, 0.29) is 0 Å². The summed E-state index contributed by atoms with van der Waals surface area (Å²) in [5.41, 5.74) is 0. The smallest absolute Gasteiger partial charge is 0.0208 e. The Bertz CT molecular complexity index is 374. The van der Waals surface area contributed by atoms with Crippen LogP contribution in [0.5, 0.6) is 0 Å². The minimum absolute atomic E-state index is 1.32. The van der Waals surface area contributed by atoms with E-state index in [0.717, 1.165) is 0 Å². The lowest BCUT2D eigenvalue weighted by molar-refractivity contribution is 1.71. The van der Waals surface area contributed by atoms with Gasteiger partial charge in [-0.15, -0.1) is 0 Å². The zero-order chi connectivity index (χ0) is 7.68. The number of rotatable bonds is 0. The molecule has 0 N–H and O–H groups in total. The Morgan fingerprint density at radius 3 is 2.36 bits per heavy atom. The van der Waals surface area contributed by atoms with Gasteiger partial charge in [0.2, 0.25) is 0 Å². The zero-order valence-electron chi connectivity index (χ0n) is 5.92. The fourth-order valence-corrected chi connectivity index (χ4v) is 1.88. The van der Waals surface area contributed by atoms with Gasteiger partial charge < -0.3 is 0 Å². The highest BCUT2D eigenvalue weighted by atomic mass is 123. The predicted molar refractivity (Wildman–Crippen MR) is 56.7 cm³/mol. The van der Waals surface area contributed by atoms with Crippen LogP contribution in [0.2, 0.25) is 0 Å². The maximum Gasteiger partial charge on any atom is 0.0208 e. The molecule has 0 unspecified atom stereocenters. The van der Waals surface area contributed by atoms with Gasteiger partial charge in [-0.3, -0.25) is 0 Å². The Morgan fingerprint density at radius 2 is 1.55 bits per heavy atom. The zero-order valence-corrected chi connectivity index (χ0v) is 8.08. The van der Waals surface area contributed by atoms with E-state index in [0.29, 0.717) is 0 Å². The van der Waals surface area contributed by atoms with E-state index >= 15 is 0 Å². The van der Waals surface area contributed by atoms with E-state index in [1.807, 2.05) is 0 Å². The minimum atomic E-state index is 1.32. The first-order chi connectivity index (χ1) is 5.38. The third kappa shape index (κ3) is 1.25. The van der Waals surface area contributed by atoms with E-state index < -0.39 is 0 Å². The quantitative estimate of drug-likeness (QED) is 0.628. The van der Waals surface area contributed by atoms with Crippen molar-refractivity contribution < 1.29 is 0 Å². The van der Waals surface area contributed by atoms with E-state index in [2.05, 4.69) is 65.1 Å². The summed E-state index contributed by atoms with van der Waals surface area (Å²) in [4.78, 5) is 0. The summed E-state index contributed by atoms with van der Waals surface area (Å²) < 4.78 is 1.32. The van der Waals surface area contributed by atoms with Crippen molar-refractivity contribution in [2.24, 2.45) is 0 Å². The Hall–Kier alpha value is -0.570. The van der Waals surface area contributed by atoms with Crippen molar-refractivity contribution in [3.8, 4) is 0 Å². The SMILES string of the molecule is [123I]c1cccc2ccccc12. The van der Waals surface area contributed by atoms with Gasteiger partial charge in [-0.1, -0.05) is 36.4 Å². The molecule has 2 aromatic carbocycles. The molecule has 0 amide bonds. The second-order valence-corrected chi connectivity index (χ2v) is 3.62. The molecule has 1 heteroatoms. The standard InChI is InChI=1S/C10H7I/c11-10-7-3-5-8-4-1-2-6-9(8)10/h1-7H/i11-4. The summed E-state index contributed by atoms with van der Waals surface area (Å²) in [7, 11) is 0. The van der Waals surface area contributed by atoms with Crippen LogP contribution in [-0.2, 0) is 0 Å². The van der Waals surface area contributed by atoms with Gasteiger partial charge >= 0.3 is 0 Å². The normalized spacial score (nSPS) is 10.3. The first-order valence-electron chi connectivity index (χ1n) is 3.51. The highest BCUT2D eigenvalue weighted by Gasteiger charge is 1.93. The molecule has 0 aliphatic heterocycles. The molecule has 0 spiro atoms. The van der Waals surface area contributed by atoms with E-state index in [4.69, 9.17) is 0 Å². The van der Waals surface area contributed by atoms with Gasteiger partial charge in [0.25, 0.3) is 0 Å². The van der Waals surface area contributed by atoms with Crippen LogP contribution in [0.4, 0.5) is 0 Å². The number of hydrogen-bond acceptors (Lipinski definition) is 0. The van der Waals surface area contributed by atoms with Gasteiger partial charge in [0, 0.05) is 3.57 Å². The summed E-state index contributed by atoms with van der Waals surface area (Å²) >= 11 is 2.36. The highest BCUT2D eigenvalue weighted by molar-refractivity contribution is 14.1. The van der Waals surface area contributed by atoms with Crippen LogP contribution in [0.15, 0.2) is 42.5 Å². The Labute approximate surface area is 79.4 Å². The fraction of sp³-hybridized carbons (Fsp3) is 0. The van der Waals surface area contributed by atoms with E-state index in [1.54, 1.807) is 0 Å². The summed E-state index contributed by atoms with van der Waals surface area (Å²) in [6.07, 6.45) is 0. The second-order valence-electron chi connectivity index (χ2n) is 2.46. The molecule has 0 saturated carbocycles. The van der Waals surface area contributed by atoms with Gasteiger partial charge in [-0.05, 0) is 39.4 Å². The van der Waals surface area contributed by atoms with Crippen LogP contribution in [0.1, 0.15) is 0 Å². The number of halogens is 1. The monoisotopic (exact) mass is 250 g/mol. The van der Waals surface area contributed by atoms with Gasteiger partial charge in [0.1, 0.15) is 0 Å². The van der Waals surface area contributed by atoms with Crippen molar-refractivity contribution in [2.75, 3.05) is 0 Å². The van der Waals surface area contributed by atoms with Crippen LogP contribution >= 0.6 is 22.6 Å². The van der Waals surface area contributed by atoms with Crippen LogP contribution in [0.25, 0.3) is 10.8 Å². The summed E-state index contributed by atoms with van der Waals surface area (Å²) in [5, 5.41) is 2.66. The second kappa shape index (κ2) is 2.81. The lowest BCUT2D eigenvalue weighted by Gasteiger charge is -1.97. The molecule has 54 valence electrons. The third-order valence-electron chi connectivity index (χ3n) is 1.74. The molecule has 0 heterocycles. The number of hydrogen-bond donors (Lipinski definition) is 0. The third-order valence-corrected chi connectivity index (χ3v) is 2.68. The maximum absolute atomic E-state index is 2.36. The summed E-state index contributed by atoms with van der Waals surface area (Å²) in [6.45, 7) is 0. The molecular formula is C10H7I. The number of fused-ring (bicyclic) bond motifs is 1. The van der Waals surface area contributed by atoms with E-state index in [9.17, 15) is 0 Å². The Kier molecular flexibility index (Phi) is 1.82. The molecule has 0 radical (unpaired) electrons. The molecule has 2 aromatic rings. The number of benzene rings is 2. The molecule has 0 aliphatic carbocycles. The molecule has 11 heavy (non-hydrogen) atoms. The molecule has 0 atom stereocenters. The fourth-order valence-electron chi connectivity index (χ4n) is 1.19. The summed E-state index contributed by atoms with van der Waals surface area (Å²) in [6, 6.07) is 14.8. The van der Waals surface area contributed by atoms with Crippen molar-refractivity contribution >= 4 is 33.4 Å². The molecule has 0 aromatic heterocycles. The van der Waals surface area contributed by atoms with Gasteiger partial charge in [-0.2, -0.15) is 0 Å². The maximum atomic E-state index is 2.36. The first-order valence-corrected chi connectivity index (χ1v) is 4.59. The first kappa shape index (κ1) is 7.10. The van der Waals surface area contributed by atoms with Crippen LogP contribution in [0.3, 0.4) is 0 Å². The minimum Gasteiger partial charge on any atom is -0.0616 e. The van der Waals surface area contributed by atoms with Crippen molar-refractivity contribution in [1.82, 2.24) is 0 Å². The molecule has 0 aliphatic rings. The van der Waals surface area contributed by atoms with Gasteiger partial charge in [0.05, 0.1) is 0 Å². The van der Waals surface area contributed by atoms with E-state index in [1.165, 1.54) is 14.3 Å². The summed E-state index contributed by atoms with van der Waals surface area (Å²) in [5.74, 6) is 0. The molecule has 0 saturated heterocycles. The topological polar surface area (TPSA) is 0 Å². The predicted octanol–water partition coefficient (Wildman–Crippen LogP) is 3.44. The van der Waals surface area contributed by atoms with Crippen molar-refractivity contribution in [2.45, 2.75) is 0 Å². The molecule has 0 nitrogen and oxygen atoms in total. The molecular weight excluding hydrogens is 243 g/mol. The lowest BCUT2D eigenvalue weighted by atomic mass is 10.1. The lowest BCUT2D eigenvalue weighted by Crippen LogP contribution is -1.74. The Morgan fingerprint density at radius 1 is 0.818 bits per heavy atom. The van der Waals surface area contributed by atoms with Gasteiger partial charge in [0.15, 0.2) is 0 Å². The van der Waals surface area contributed by atoms with Crippen LogP contribution in [0, 0.1) is 3.57 Å². The van der Waals surface area contributed by atoms with Crippen molar-refractivity contribution in [1.29, 1.82) is 0 Å². The highest BCUT2D eigenvalue weighted by Crippen LogP contribution is 2.19. The van der Waals surface area contributed by atoms with Crippen LogP contribution < -0.4 is 0 Å². The average molecular weight is 250 g/mol.